The Morgan fingerprint density at radius 2 is 1.79 bits per heavy atom. The van der Waals surface area contributed by atoms with Crippen LogP contribution >= 0.6 is 23.2 Å². The highest BCUT2D eigenvalue weighted by molar-refractivity contribution is 7.89. The van der Waals surface area contributed by atoms with Crippen molar-refractivity contribution in [3.05, 3.63) is 58.1 Å². The molecule has 0 atom stereocenters. The maximum absolute atomic E-state index is 12.7. The first-order chi connectivity index (χ1) is 13.4. The number of hydrogen-bond donors (Lipinski definition) is 0. The molecule has 0 amide bonds. The van der Waals surface area contributed by atoms with E-state index >= 15 is 0 Å². The minimum absolute atomic E-state index is 0.00216. The van der Waals surface area contributed by atoms with Crippen LogP contribution in [0.25, 0.3) is 0 Å². The van der Waals surface area contributed by atoms with Gasteiger partial charge in [-0.25, -0.2) is 13.2 Å². The Labute approximate surface area is 174 Å². The summed E-state index contributed by atoms with van der Waals surface area (Å²) in [5, 5.41) is 0.620. The number of ether oxygens (including phenoxy) is 2. The van der Waals surface area contributed by atoms with Crippen LogP contribution in [0, 0.1) is 0 Å². The van der Waals surface area contributed by atoms with E-state index in [1.165, 1.54) is 22.5 Å². The van der Waals surface area contributed by atoms with Gasteiger partial charge in [-0.15, -0.1) is 0 Å². The molecule has 1 aliphatic rings. The second-order valence-electron chi connectivity index (χ2n) is 6.20. The van der Waals surface area contributed by atoms with Crippen LogP contribution in [-0.4, -0.2) is 45.0 Å². The molecular formula is C19H19Cl2NO5S. The van der Waals surface area contributed by atoms with Gasteiger partial charge in [0.15, 0.2) is 0 Å². The zero-order valence-corrected chi connectivity index (χ0v) is 17.3. The molecule has 0 unspecified atom stereocenters. The van der Waals surface area contributed by atoms with Gasteiger partial charge in [-0.3, -0.25) is 0 Å². The van der Waals surface area contributed by atoms with Crippen LogP contribution in [0.15, 0.2) is 47.4 Å². The van der Waals surface area contributed by atoms with Crippen LogP contribution in [0.2, 0.25) is 10.0 Å². The highest BCUT2D eigenvalue weighted by Crippen LogP contribution is 2.28. The van der Waals surface area contributed by atoms with Crippen molar-refractivity contribution >= 4 is 39.2 Å². The fraction of sp³-hybridized carbons (Fsp3) is 0.316. The van der Waals surface area contributed by atoms with Crippen LogP contribution in [0.5, 0.6) is 5.75 Å². The third-order valence-electron chi connectivity index (χ3n) is 4.23. The lowest BCUT2D eigenvalue weighted by Crippen LogP contribution is -2.28. The molecule has 1 heterocycles. The van der Waals surface area contributed by atoms with E-state index < -0.39 is 16.0 Å². The smallest absolute Gasteiger partial charge is 0.338 e. The molecule has 0 bridgehead atoms. The predicted octanol–water partition coefficient (Wildman–Crippen LogP) is 4.01. The Hall–Kier alpha value is -1.80. The Kier molecular flexibility index (Phi) is 6.82. The van der Waals surface area contributed by atoms with Crippen LogP contribution in [0.1, 0.15) is 23.2 Å². The van der Waals surface area contributed by atoms with E-state index in [0.29, 0.717) is 23.9 Å². The number of nitrogens with zero attached hydrogens (tertiary/aromatic N) is 1. The van der Waals surface area contributed by atoms with Gasteiger partial charge in [0.1, 0.15) is 23.9 Å². The Morgan fingerprint density at radius 1 is 1.04 bits per heavy atom. The molecule has 0 aromatic heterocycles. The highest BCUT2D eigenvalue weighted by Gasteiger charge is 2.29. The van der Waals surface area contributed by atoms with Crippen LogP contribution in [0.3, 0.4) is 0 Å². The molecule has 9 heteroatoms. The summed E-state index contributed by atoms with van der Waals surface area (Å²) in [6.07, 6.45) is 1.62. The molecule has 0 radical (unpaired) electrons. The Bertz CT molecular complexity index is 959. The zero-order chi connectivity index (χ0) is 20.1. The molecule has 150 valence electrons. The summed E-state index contributed by atoms with van der Waals surface area (Å²) in [6, 6.07) is 11.0. The lowest BCUT2D eigenvalue weighted by molar-refractivity contribution is 0.0450. The first-order valence-corrected chi connectivity index (χ1v) is 10.9. The molecule has 1 saturated heterocycles. The monoisotopic (exact) mass is 443 g/mol. The van der Waals surface area contributed by atoms with Gasteiger partial charge in [0.25, 0.3) is 0 Å². The maximum Gasteiger partial charge on any atom is 0.338 e. The van der Waals surface area contributed by atoms with Crippen molar-refractivity contribution in [2.45, 2.75) is 17.7 Å². The van der Waals surface area contributed by atoms with Crippen molar-refractivity contribution in [2.75, 3.05) is 26.3 Å². The number of halogens is 2. The number of sulfonamides is 1. The lowest BCUT2D eigenvalue weighted by Gasteiger charge is -2.17. The minimum Gasteiger partial charge on any atom is -0.490 e. The summed E-state index contributed by atoms with van der Waals surface area (Å²) in [5.74, 6) is -0.0849. The van der Waals surface area contributed by atoms with Gasteiger partial charge >= 0.3 is 5.97 Å². The van der Waals surface area contributed by atoms with Crippen molar-refractivity contribution in [1.82, 2.24) is 4.31 Å². The minimum atomic E-state index is -3.73. The molecular weight excluding hydrogens is 425 g/mol. The maximum atomic E-state index is 12.7. The fourth-order valence-electron chi connectivity index (χ4n) is 2.83. The average Bonchev–Trinajstić information content (AvgIpc) is 3.21. The molecule has 6 nitrogen and oxygen atoms in total. The Morgan fingerprint density at radius 3 is 2.50 bits per heavy atom. The van der Waals surface area contributed by atoms with Gasteiger partial charge in [0.2, 0.25) is 10.0 Å². The van der Waals surface area contributed by atoms with Crippen molar-refractivity contribution < 1.29 is 22.7 Å². The topological polar surface area (TPSA) is 72.9 Å². The van der Waals surface area contributed by atoms with Crippen molar-refractivity contribution in [3.8, 4) is 5.75 Å². The van der Waals surface area contributed by atoms with Gasteiger partial charge in [-0.1, -0.05) is 29.3 Å². The summed E-state index contributed by atoms with van der Waals surface area (Å²) < 4.78 is 37.5. The quantitative estimate of drug-likeness (QED) is 0.477. The molecule has 1 aliphatic heterocycles. The van der Waals surface area contributed by atoms with Crippen molar-refractivity contribution in [1.29, 1.82) is 0 Å². The van der Waals surface area contributed by atoms with Crippen LogP contribution < -0.4 is 4.74 Å². The summed E-state index contributed by atoms with van der Waals surface area (Å²) in [7, 11) is -3.73. The number of carbonyl (C=O) groups excluding carboxylic acids is 1. The second kappa shape index (κ2) is 9.13. The van der Waals surface area contributed by atoms with E-state index in [9.17, 15) is 13.2 Å². The summed E-state index contributed by atoms with van der Waals surface area (Å²) in [4.78, 5) is 12.2. The average molecular weight is 444 g/mol. The van der Waals surface area contributed by atoms with E-state index in [1.807, 2.05) is 0 Å². The van der Waals surface area contributed by atoms with E-state index in [1.54, 1.807) is 24.3 Å². The van der Waals surface area contributed by atoms with E-state index in [2.05, 4.69) is 0 Å². The summed E-state index contributed by atoms with van der Waals surface area (Å²) >= 11 is 12.0. The van der Waals surface area contributed by atoms with Crippen LogP contribution in [-0.2, 0) is 14.8 Å². The SMILES string of the molecule is O=C(OCCOc1cccc(Cl)c1)c1ccc(Cl)c(S(=O)(=O)N2CCCC2)c1. The number of esters is 1. The standard InChI is InChI=1S/C19H19Cl2NO5S/c20-15-4-3-5-16(13-15)26-10-11-27-19(23)14-6-7-17(21)18(12-14)28(24,25)22-8-1-2-9-22/h3-7,12-13H,1-2,8-11H2. The molecule has 2 aromatic rings. The molecule has 2 aromatic carbocycles. The first kappa shape index (κ1) is 20.9. The van der Waals surface area contributed by atoms with E-state index in [-0.39, 0.29) is 28.7 Å². The second-order valence-corrected chi connectivity index (χ2v) is 8.95. The molecule has 0 saturated carbocycles. The summed E-state index contributed by atoms with van der Waals surface area (Å²) in [5.41, 5.74) is 0.116. The lowest BCUT2D eigenvalue weighted by atomic mass is 10.2. The molecule has 28 heavy (non-hydrogen) atoms. The normalized spacial score (nSPS) is 14.8. The van der Waals surface area contributed by atoms with Crippen LogP contribution in [0.4, 0.5) is 0 Å². The largest absolute Gasteiger partial charge is 0.490 e. The molecule has 3 rings (SSSR count). The van der Waals surface area contributed by atoms with Crippen molar-refractivity contribution in [3.63, 3.8) is 0 Å². The van der Waals surface area contributed by atoms with Gasteiger partial charge in [-0.2, -0.15) is 4.31 Å². The van der Waals surface area contributed by atoms with Crippen molar-refractivity contribution in [2.24, 2.45) is 0 Å². The molecule has 0 aliphatic carbocycles. The predicted molar refractivity (Wildman–Crippen MR) is 107 cm³/mol. The number of rotatable bonds is 7. The van der Waals surface area contributed by atoms with Gasteiger partial charge in [0, 0.05) is 18.1 Å². The van der Waals surface area contributed by atoms with Gasteiger partial charge in [0.05, 0.1) is 10.6 Å². The number of benzene rings is 2. The molecule has 0 N–H and O–H groups in total. The number of hydrogen-bond acceptors (Lipinski definition) is 5. The third kappa shape index (κ3) is 4.97. The summed E-state index contributed by atoms with van der Waals surface area (Å²) in [6.45, 7) is 1.04. The Balaban J connectivity index is 1.62. The highest BCUT2D eigenvalue weighted by atomic mass is 35.5. The zero-order valence-electron chi connectivity index (χ0n) is 14.9. The molecule has 1 fully saturated rings. The van der Waals surface area contributed by atoms with E-state index in [4.69, 9.17) is 32.7 Å². The fourth-order valence-corrected chi connectivity index (χ4v) is 5.03. The van der Waals surface area contributed by atoms with Gasteiger partial charge < -0.3 is 9.47 Å². The third-order valence-corrected chi connectivity index (χ3v) is 6.85. The first-order valence-electron chi connectivity index (χ1n) is 8.73. The molecule has 0 spiro atoms. The number of carbonyl (C=O) groups is 1. The van der Waals surface area contributed by atoms with Gasteiger partial charge in [-0.05, 0) is 49.2 Å². The van der Waals surface area contributed by atoms with E-state index in [0.717, 1.165) is 12.8 Å².